The average Bonchev–Trinajstić information content (AvgIpc) is 2.94. The fraction of sp³-hybridized carbons (Fsp3) is 0.310. The first-order valence-corrected chi connectivity index (χ1v) is 14.2. The summed E-state index contributed by atoms with van der Waals surface area (Å²) in [5, 5.41) is 2.87. The van der Waals surface area contributed by atoms with Crippen LogP contribution < -0.4 is 24.4 Å². The van der Waals surface area contributed by atoms with Crippen LogP contribution in [0.4, 0.5) is 5.69 Å². The third kappa shape index (κ3) is 7.15. The zero-order valence-corrected chi connectivity index (χ0v) is 23.0. The van der Waals surface area contributed by atoms with Crippen LogP contribution in [-0.2, 0) is 26.2 Å². The maximum Gasteiger partial charge on any atom is 0.265 e. The van der Waals surface area contributed by atoms with Crippen molar-refractivity contribution in [1.29, 1.82) is 0 Å². The third-order valence-electron chi connectivity index (χ3n) is 6.17. The quantitative estimate of drug-likeness (QED) is 0.399. The lowest BCUT2D eigenvalue weighted by Gasteiger charge is -2.34. The van der Waals surface area contributed by atoms with E-state index in [0.717, 1.165) is 5.56 Å². The van der Waals surface area contributed by atoms with Crippen LogP contribution in [0.2, 0.25) is 0 Å². The van der Waals surface area contributed by atoms with Crippen LogP contribution in [0.5, 0.6) is 11.5 Å². The largest absolute Gasteiger partial charge is 0.483 e. The molecule has 9 nitrogen and oxygen atoms in total. The van der Waals surface area contributed by atoms with Crippen molar-refractivity contribution < 1.29 is 27.5 Å². The maximum absolute atomic E-state index is 13.3. The van der Waals surface area contributed by atoms with Gasteiger partial charge in [0.2, 0.25) is 10.0 Å². The molecule has 0 fully saturated rings. The number of nitrogens with zero attached hydrogens (tertiary/aromatic N) is 1. The van der Waals surface area contributed by atoms with Crippen molar-refractivity contribution in [2.75, 3.05) is 24.6 Å². The average molecular weight is 552 g/mol. The molecule has 0 radical (unpaired) electrons. The Morgan fingerprint density at radius 3 is 2.49 bits per heavy atom. The molecule has 10 heteroatoms. The van der Waals surface area contributed by atoms with Crippen molar-refractivity contribution in [1.82, 2.24) is 10.0 Å². The van der Waals surface area contributed by atoms with Crippen molar-refractivity contribution in [3.05, 3.63) is 83.9 Å². The molecule has 2 N–H and O–H groups in total. The number of hydrogen-bond donors (Lipinski definition) is 2. The van der Waals surface area contributed by atoms with Crippen molar-refractivity contribution in [3.63, 3.8) is 0 Å². The second-order valence-electron chi connectivity index (χ2n) is 9.74. The zero-order chi connectivity index (χ0) is 28.0. The van der Waals surface area contributed by atoms with Crippen molar-refractivity contribution in [3.8, 4) is 11.5 Å². The van der Waals surface area contributed by atoms with Gasteiger partial charge in [-0.3, -0.25) is 9.59 Å². The summed E-state index contributed by atoms with van der Waals surface area (Å²) in [7, 11) is -3.65. The van der Waals surface area contributed by atoms with Crippen LogP contribution in [0.3, 0.4) is 0 Å². The molecule has 4 rings (SSSR count). The number of ether oxygens (including phenoxy) is 2. The van der Waals surface area contributed by atoms with E-state index < -0.39 is 16.1 Å². The molecule has 1 unspecified atom stereocenters. The van der Waals surface area contributed by atoms with Gasteiger partial charge in [0.25, 0.3) is 11.8 Å². The number of amides is 2. The molecule has 0 saturated carbocycles. The topological polar surface area (TPSA) is 114 Å². The Bertz CT molecular complexity index is 1430. The molecule has 206 valence electrons. The molecule has 1 aliphatic rings. The van der Waals surface area contributed by atoms with Crippen molar-refractivity contribution in [2.45, 2.75) is 38.3 Å². The second kappa shape index (κ2) is 12.3. The second-order valence-corrected chi connectivity index (χ2v) is 11.5. The SMILES string of the molecule is Cc1cc(S(=O)(=O)NCC(C)C)ccc1OCC(=O)N1CC(C(=O)NCc2ccccc2)Oc2ccccc21. The first-order chi connectivity index (χ1) is 18.6. The van der Waals surface area contributed by atoms with Gasteiger partial charge in [0.1, 0.15) is 11.5 Å². The lowest BCUT2D eigenvalue weighted by Crippen LogP contribution is -2.51. The van der Waals surface area contributed by atoms with E-state index >= 15 is 0 Å². The molecule has 1 heterocycles. The van der Waals surface area contributed by atoms with Gasteiger partial charge in [-0.15, -0.1) is 0 Å². The maximum atomic E-state index is 13.3. The highest BCUT2D eigenvalue weighted by Crippen LogP contribution is 2.33. The smallest absolute Gasteiger partial charge is 0.265 e. The molecule has 0 aliphatic carbocycles. The molecule has 0 saturated heterocycles. The first-order valence-electron chi connectivity index (χ1n) is 12.7. The Hall–Kier alpha value is -3.89. The van der Waals surface area contributed by atoms with Gasteiger partial charge in [0, 0.05) is 13.1 Å². The highest BCUT2D eigenvalue weighted by Gasteiger charge is 2.34. The van der Waals surface area contributed by atoms with E-state index in [2.05, 4.69) is 10.0 Å². The molecule has 3 aromatic carbocycles. The number of aryl methyl sites for hydroxylation is 1. The number of para-hydroxylation sites is 2. The number of anilines is 1. The van der Waals surface area contributed by atoms with Gasteiger partial charge < -0.3 is 19.7 Å². The van der Waals surface area contributed by atoms with Gasteiger partial charge in [-0.2, -0.15) is 0 Å². The molecule has 1 atom stereocenters. The van der Waals surface area contributed by atoms with Gasteiger partial charge in [0.05, 0.1) is 17.1 Å². The summed E-state index contributed by atoms with van der Waals surface area (Å²) in [6, 6.07) is 21.1. The Morgan fingerprint density at radius 1 is 1.05 bits per heavy atom. The van der Waals surface area contributed by atoms with Crippen LogP contribution in [0.25, 0.3) is 0 Å². The summed E-state index contributed by atoms with van der Waals surface area (Å²) >= 11 is 0. The number of fused-ring (bicyclic) bond motifs is 1. The summed E-state index contributed by atoms with van der Waals surface area (Å²) in [5.74, 6) is 0.308. The number of rotatable bonds is 10. The number of carbonyl (C=O) groups is 2. The lowest BCUT2D eigenvalue weighted by molar-refractivity contribution is -0.128. The van der Waals surface area contributed by atoms with Gasteiger partial charge in [-0.1, -0.05) is 56.3 Å². The number of hydrogen-bond acceptors (Lipinski definition) is 6. The van der Waals surface area contributed by atoms with Crippen LogP contribution in [0.15, 0.2) is 77.7 Å². The minimum atomic E-state index is -3.65. The van der Waals surface area contributed by atoms with Crippen LogP contribution in [-0.4, -0.2) is 46.0 Å². The van der Waals surface area contributed by atoms with Crippen LogP contribution in [0, 0.1) is 12.8 Å². The minimum Gasteiger partial charge on any atom is -0.483 e. The fourth-order valence-electron chi connectivity index (χ4n) is 4.03. The molecule has 2 amide bonds. The Kier molecular flexibility index (Phi) is 8.88. The number of benzene rings is 3. The molecule has 39 heavy (non-hydrogen) atoms. The third-order valence-corrected chi connectivity index (χ3v) is 7.59. The van der Waals surface area contributed by atoms with Crippen molar-refractivity contribution in [2.24, 2.45) is 5.92 Å². The predicted molar refractivity (Wildman–Crippen MR) is 148 cm³/mol. The summed E-state index contributed by atoms with van der Waals surface area (Å²) in [5.41, 5.74) is 2.08. The summed E-state index contributed by atoms with van der Waals surface area (Å²) in [6.07, 6.45) is -0.892. The van der Waals surface area contributed by atoms with E-state index in [1.54, 1.807) is 37.3 Å². The summed E-state index contributed by atoms with van der Waals surface area (Å²) < 4.78 is 39.4. The van der Waals surface area contributed by atoms with Gasteiger partial charge in [-0.25, -0.2) is 13.1 Å². The zero-order valence-electron chi connectivity index (χ0n) is 22.2. The monoisotopic (exact) mass is 551 g/mol. The molecule has 1 aliphatic heterocycles. The lowest BCUT2D eigenvalue weighted by atomic mass is 10.1. The molecular weight excluding hydrogens is 518 g/mol. The van der Waals surface area contributed by atoms with E-state index in [1.807, 2.05) is 44.2 Å². The minimum absolute atomic E-state index is 0.0253. The number of nitrogens with one attached hydrogen (secondary N) is 2. The van der Waals surface area contributed by atoms with Crippen LogP contribution in [0.1, 0.15) is 25.0 Å². The Labute approximate surface area is 229 Å². The summed E-state index contributed by atoms with van der Waals surface area (Å²) in [4.78, 5) is 27.8. The standard InChI is InChI=1S/C29H33N3O6S/c1-20(2)16-31-39(35,36)23-13-14-25(21(3)15-23)37-19-28(33)32-18-27(38-26-12-8-7-11-24(26)32)29(34)30-17-22-9-5-4-6-10-22/h4-15,20,27,31H,16-19H2,1-3H3,(H,30,34). The van der Waals surface area contributed by atoms with Gasteiger partial charge in [-0.05, 0) is 54.3 Å². The summed E-state index contributed by atoms with van der Waals surface area (Å²) in [6.45, 7) is 5.97. The van der Waals surface area contributed by atoms with Gasteiger partial charge >= 0.3 is 0 Å². The van der Waals surface area contributed by atoms with E-state index in [9.17, 15) is 18.0 Å². The number of carbonyl (C=O) groups excluding carboxylic acids is 2. The highest BCUT2D eigenvalue weighted by molar-refractivity contribution is 7.89. The molecular formula is C29H33N3O6S. The van der Waals surface area contributed by atoms with Crippen LogP contribution >= 0.6 is 0 Å². The Morgan fingerprint density at radius 2 is 1.77 bits per heavy atom. The number of sulfonamides is 1. The molecule has 3 aromatic rings. The van der Waals surface area contributed by atoms with E-state index in [1.165, 1.54) is 17.0 Å². The molecule has 0 aromatic heterocycles. The molecule has 0 bridgehead atoms. The fourth-order valence-corrected chi connectivity index (χ4v) is 5.33. The molecule has 0 spiro atoms. The van der Waals surface area contributed by atoms with Gasteiger partial charge in [0.15, 0.2) is 12.7 Å². The first kappa shape index (κ1) is 28.1. The van der Waals surface area contributed by atoms with Crippen molar-refractivity contribution >= 4 is 27.5 Å². The Balaban J connectivity index is 1.42. The predicted octanol–water partition coefficient (Wildman–Crippen LogP) is 3.42. The van der Waals surface area contributed by atoms with E-state index in [4.69, 9.17) is 9.47 Å². The van der Waals surface area contributed by atoms with E-state index in [0.29, 0.717) is 35.8 Å². The normalized spacial score (nSPS) is 14.9. The highest BCUT2D eigenvalue weighted by atomic mass is 32.2. The van der Waals surface area contributed by atoms with E-state index in [-0.39, 0.29) is 35.8 Å².